The lowest BCUT2D eigenvalue weighted by Crippen LogP contribution is -1.96. The van der Waals surface area contributed by atoms with Crippen molar-refractivity contribution in [3.8, 4) is 0 Å². The van der Waals surface area contributed by atoms with Crippen LogP contribution in [0.25, 0.3) is 0 Å². The van der Waals surface area contributed by atoms with Gasteiger partial charge in [-0.15, -0.1) is 0 Å². The van der Waals surface area contributed by atoms with Crippen LogP contribution in [0, 0.1) is 20.0 Å². The number of hydrogen-bond donors (Lipinski definition) is 0. The molecule has 2 heteroatoms. The van der Waals surface area contributed by atoms with Crippen molar-refractivity contribution in [1.82, 2.24) is 9.78 Å². The van der Waals surface area contributed by atoms with Crippen molar-refractivity contribution in [2.24, 2.45) is 0 Å². The second kappa shape index (κ2) is 2.86. The van der Waals surface area contributed by atoms with Crippen LogP contribution in [-0.2, 0) is 6.54 Å². The largest absolute Gasteiger partial charge is 0.263 e. The zero-order chi connectivity index (χ0) is 7.56. The van der Waals surface area contributed by atoms with Crippen molar-refractivity contribution >= 4 is 0 Å². The zero-order valence-corrected chi connectivity index (χ0v) is 6.81. The Morgan fingerprint density at radius 2 is 2.20 bits per heavy atom. The van der Waals surface area contributed by atoms with Crippen molar-refractivity contribution in [2.75, 3.05) is 0 Å². The van der Waals surface area contributed by atoms with Crippen LogP contribution in [0.2, 0.25) is 0 Å². The third-order valence-corrected chi connectivity index (χ3v) is 1.55. The molecule has 0 aliphatic rings. The van der Waals surface area contributed by atoms with E-state index in [2.05, 4.69) is 18.2 Å². The Bertz CT molecular complexity index is 194. The molecule has 0 bridgehead atoms. The van der Waals surface area contributed by atoms with Gasteiger partial charge in [0.1, 0.15) is 0 Å². The molecule has 1 radical (unpaired) electrons. The van der Waals surface area contributed by atoms with Crippen molar-refractivity contribution in [3.63, 3.8) is 0 Å². The maximum atomic E-state index is 4.26. The molecule has 0 unspecified atom stereocenters. The summed E-state index contributed by atoms with van der Waals surface area (Å²) in [5.41, 5.74) is 2.25. The van der Waals surface area contributed by atoms with Crippen molar-refractivity contribution in [3.05, 3.63) is 17.5 Å². The Labute approximate surface area is 61.9 Å². The molecular formula is C8H13N2. The van der Waals surface area contributed by atoms with Crippen LogP contribution in [0.4, 0.5) is 0 Å². The number of nitrogens with zero attached hydrogens (tertiary/aromatic N) is 2. The number of hydrogen-bond acceptors (Lipinski definition) is 1. The molecule has 1 rings (SSSR count). The van der Waals surface area contributed by atoms with Gasteiger partial charge in [-0.2, -0.15) is 5.10 Å². The predicted octanol–water partition coefficient (Wildman–Crippen LogP) is 1.71. The second-order valence-corrected chi connectivity index (χ2v) is 2.55. The summed E-state index contributed by atoms with van der Waals surface area (Å²) in [4.78, 5) is 0. The summed E-state index contributed by atoms with van der Waals surface area (Å²) >= 11 is 0. The zero-order valence-electron chi connectivity index (χ0n) is 6.81. The van der Waals surface area contributed by atoms with E-state index in [1.54, 1.807) is 0 Å². The molecule has 0 aliphatic carbocycles. The minimum atomic E-state index is 0.981. The standard InChI is InChI=1S/C8H13N2/c1-4-5-10-6-7(2)8(3)9-10/h4-5H2,1-3H3. The number of aryl methyl sites for hydroxylation is 3. The molecule has 0 aliphatic heterocycles. The molecule has 0 amide bonds. The summed E-state index contributed by atoms with van der Waals surface area (Å²) in [6.07, 6.45) is 4.27. The number of aromatic nitrogens is 2. The van der Waals surface area contributed by atoms with Crippen LogP contribution in [0.15, 0.2) is 0 Å². The Balaban J connectivity index is 2.77. The fraction of sp³-hybridized carbons (Fsp3) is 0.625. The molecule has 0 aromatic carbocycles. The Hall–Kier alpha value is -0.790. The monoisotopic (exact) mass is 137 g/mol. The molecule has 1 aromatic heterocycles. The molecule has 0 saturated heterocycles. The van der Waals surface area contributed by atoms with Crippen molar-refractivity contribution in [2.45, 2.75) is 33.7 Å². The molecule has 0 saturated carbocycles. The fourth-order valence-electron chi connectivity index (χ4n) is 0.873. The lowest BCUT2D eigenvalue weighted by molar-refractivity contribution is 0.594. The SMILES string of the molecule is CCCn1[c]c(C)c(C)n1. The van der Waals surface area contributed by atoms with E-state index in [-0.39, 0.29) is 0 Å². The van der Waals surface area contributed by atoms with Gasteiger partial charge >= 0.3 is 0 Å². The first kappa shape index (κ1) is 7.32. The van der Waals surface area contributed by atoms with E-state index in [9.17, 15) is 0 Å². The molecule has 1 aromatic rings. The van der Waals surface area contributed by atoms with E-state index >= 15 is 0 Å². The molecule has 2 nitrogen and oxygen atoms in total. The fourth-order valence-corrected chi connectivity index (χ4v) is 0.873. The predicted molar refractivity (Wildman–Crippen MR) is 40.8 cm³/mol. The summed E-state index contributed by atoms with van der Waals surface area (Å²) in [7, 11) is 0. The topological polar surface area (TPSA) is 17.8 Å². The Morgan fingerprint density at radius 3 is 2.60 bits per heavy atom. The van der Waals surface area contributed by atoms with Gasteiger partial charge < -0.3 is 0 Å². The van der Waals surface area contributed by atoms with Gasteiger partial charge in [0, 0.05) is 6.54 Å². The van der Waals surface area contributed by atoms with Crippen LogP contribution in [-0.4, -0.2) is 9.78 Å². The Kier molecular flexibility index (Phi) is 2.10. The Morgan fingerprint density at radius 1 is 1.50 bits per heavy atom. The van der Waals surface area contributed by atoms with E-state index < -0.39 is 0 Å². The second-order valence-electron chi connectivity index (χ2n) is 2.55. The average Bonchev–Trinajstić information content (AvgIpc) is 2.14. The molecule has 0 spiro atoms. The summed E-state index contributed by atoms with van der Waals surface area (Å²) in [6.45, 7) is 7.17. The minimum absolute atomic E-state index is 0.981. The van der Waals surface area contributed by atoms with Gasteiger partial charge in [0.25, 0.3) is 0 Å². The third kappa shape index (κ3) is 1.38. The molecular weight excluding hydrogens is 124 g/mol. The summed E-state index contributed by atoms with van der Waals surface area (Å²) in [6, 6.07) is 0. The molecule has 10 heavy (non-hydrogen) atoms. The van der Waals surface area contributed by atoms with Gasteiger partial charge in [-0.1, -0.05) is 6.92 Å². The highest BCUT2D eigenvalue weighted by molar-refractivity contribution is 5.10. The van der Waals surface area contributed by atoms with Crippen LogP contribution >= 0.6 is 0 Å². The smallest absolute Gasteiger partial charge is 0.0898 e. The maximum Gasteiger partial charge on any atom is 0.0898 e. The van der Waals surface area contributed by atoms with E-state index in [0.29, 0.717) is 0 Å². The minimum Gasteiger partial charge on any atom is -0.263 e. The van der Waals surface area contributed by atoms with E-state index in [1.165, 1.54) is 0 Å². The summed E-state index contributed by atoms with van der Waals surface area (Å²) in [5.74, 6) is 0. The quantitative estimate of drug-likeness (QED) is 0.606. The first-order valence-corrected chi connectivity index (χ1v) is 3.67. The summed E-state index contributed by atoms with van der Waals surface area (Å²) < 4.78 is 1.88. The van der Waals surface area contributed by atoms with Gasteiger partial charge in [-0.25, -0.2) is 0 Å². The van der Waals surface area contributed by atoms with E-state index in [0.717, 1.165) is 24.2 Å². The average molecular weight is 137 g/mol. The van der Waals surface area contributed by atoms with Gasteiger partial charge in [0.2, 0.25) is 0 Å². The lowest BCUT2D eigenvalue weighted by atomic mass is 10.3. The summed E-state index contributed by atoms with van der Waals surface area (Å²) in [5, 5.41) is 4.26. The lowest BCUT2D eigenvalue weighted by Gasteiger charge is -1.93. The van der Waals surface area contributed by atoms with E-state index in [4.69, 9.17) is 0 Å². The first-order valence-electron chi connectivity index (χ1n) is 3.67. The van der Waals surface area contributed by atoms with E-state index in [1.807, 2.05) is 18.5 Å². The van der Waals surface area contributed by atoms with Gasteiger partial charge in [0.15, 0.2) is 0 Å². The highest BCUT2D eigenvalue weighted by atomic mass is 15.3. The van der Waals surface area contributed by atoms with Crippen LogP contribution in [0.3, 0.4) is 0 Å². The van der Waals surface area contributed by atoms with Gasteiger partial charge in [-0.05, 0) is 25.8 Å². The highest BCUT2D eigenvalue weighted by Crippen LogP contribution is 2.01. The molecule has 1 heterocycles. The van der Waals surface area contributed by atoms with Crippen LogP contribution in [0.5, 0.6) is 0 Å². The van der Waals surface area contributed by atoms with Crippen LogP contribution in [0.1, 0.15) is 24.6 Å². The molecule has 0 N–H and O–H groups in total. The van der Waals surface area contributed by atoms with Crippen molar-refractivity contribution < 1.29 is 0 Å². The molecule has 0 fully saturated rings. The molecule has 0 atom stereocenters. The highest BCUT2D eigenvalue weighted by Gasteiger charge is 1.97. The first-order chi connectivity index (χ1) is 4.74. The van der Waals surface area contributed by atoms with Gasteiger partial charge in [-0.3, -0.25) is 4.68 Å². The third-order valence-electron chi connectivity index (χ3n) is 1.55. The van der Waals surface area contributed by atoms with Gasteiger partial charge in [0.05, 0.1) is 11.9 Å². The van der Waals surface area contributed by atoms with Crippen LogP contribution < -0.4 is 0 Å². The maximum absolute atomic E-state index is 4.26. The van der Waals surface area contributed by atoms with Crippen molar-refractivity contribution in [1.29, 1.82) is 0 Å². The number of rotatable bonds is 2. The normalized spacial score (nSPS) is 10.3. The molecule has 55 valence electrons.